The molecule has 0 atom stereocenters. The lowest BCUT2D eigenvalue weighted by Gasteiger charge is -2.20. The molecule has 2 heteroatoms. The van der Waals surface area contributed by atoms with Crippen LogP contribution in [0.1, 0.15) is 86.0 Å². The molecule has 2 nitrogen and oxygen atoms in total. The average Bonchev–Trinajstić information content (AvgIpc) is 2.49. The fourth-order valence-electron chi connectivity index (χ4n) is 2.42. The van der Waals surface area contributed by atoms with E-state index in [2.05, 4.69) is 71.1 Å². The zero-order chi connectivity index (χ0) is 18.5. The number of hydrogen-bond donors (Lipinski definition) is 1. The second-order valence-electron chi connectivity index (χ2n) is 7.89. The molecule has 0 aromatic rings. The van der Waals surface area contributed by atoms with Gasteiger partial charge in [-0.25, -0.2) is 0 Å². The van der Waals surface area contributed by atoms with Gasteiger partial charge in [-0.15, -0.1) is 0 Å². The summed E-state index contributed by atoms with van der Waals surface area (Å²) in [6, 6.07) is 0. The van der Waals surface area contributed by atoms with Crippen molar-refractivity contribution in [1.29, 1.82) is 0 Å². The molecule has 0 amide bonds. The quantitative estimate of drug-likeness (QED) is 0.293. The molecule has 0 heterocycles. The molecule has 0 fully saturated rings. The Bertz CT molecular complexity index is 425. The molecule has 0 saturated carbocycles. The molecule has 0 aromatic heterocycles. The van der Waals surface area contributed by atoms with Crippen molar-refractivity contribution < 1.29 is 9.90 Å². The molecule has 0 bridgehead atoms. The smallest absolute Gasteiger partial charge is 0.303 e. The van der Waals surface area contributed by atoms with E-state index in [1.165, 1.54) is 12.8 Å². The Balaban J connectivity index is 4.02. The molecule has 0 unspecified atom stereocenters. The van der Waals surface area contributed by atoms with Crippen LogP contribution in [0.15, 0.2) is 36.5 Å². The van der Waals surface area contributed by atoms with E-state index >= 15 is 0 Å². The molecule has 0 aromatic carbocycles. The summed E-state index contributed by atoms with van der Waals surface area (Å²) >= 11 is 0. The molecule has 24 heavy (non-hydrogen) atoms. The molecule has 0 aliphatic heterocycles. The normalized spacial score (nSPS) is 13.5. The van der Waals surface area contributed by atoms with Crippen LogP contribution >= 0.6 is 0 Å². The van der Waals surface area contributed by atoms with Gasteiger partial charge in [0.25, 0.3) is 0 Å². The summed E-state index contributed by atoms with van der Waals surface area (Å²) in [7, 11) is 0. The highest BCUT2D eigenvalue weighted by molar-refractivity contribution is 5.66. The molecule has 0 aliphatic rings. The van der Waals surface area contributed by atoms with E-state index in [0.29, 0.717) is 6.42 Å². The molecule has 0 aliphatic carbocycles. The standard InChI is InChI=1S/C22H38O2/c1-6-7-16-21(2,3)18-19-22(4,5)17-14-12-10-8-9-11-13-15-20(23)24/h7,14,16-19H,6,8-13,15H2,1-5H3,(H,23,24)/b16-7+,17-14+,19-18+. The van der Waals surface area contributed by atoms with E-state index in [4.69, 9.17) is 5.11 Å². The third-order valence-corrected chi connectivity index (χ3v) is 4.03. The van der Waals surface area contributed by atoms with Crippen molar-refractivity contribution in [3.8, 4) is 0 Å². The van der Waals surface area contributed by atoms with Gasteiger partial charge in [-0.1, -0.05) is 90.3 Å². The van der Waals surface area contributed by atoms with Gasteiger partial charge in [0.05, 0.1) is 0 Å². The number of carboxylic acid groups (broad SMARTS) is 1. The van der Waals surface area contributed by atoms with Gasteiger partial charge in [0.2, 0.25) is 0 Å². The van der Waals surface area contributed by atoms with Crippen molar-refractivity contribution in [3.05, 3.63) is 36.5 Å². The van der Waals surface area contributed by atoms with Crippen LogP contribution in [0.3, 0.4) is 0 Å². The zero-order valence-corrected chi connectivity index (χ0v) is 16.5. The molecule has 0 rings (SSSR count). The van der Waals surface area contributed by atoms with Crippen LogP contribution in [0.5, 0.6) is 0 Å². The molecule has 0 radical (unpaired) electrons. The van der Waals surface area contributed by atoms with Gasteiger partial charge in [-0.3, -0.25) is 4.79 Å². The summed E-state index contributed by atoms with van der Waals surface area (Å²) < 4.78 is 0. The third-order valence-electron chi connectivity index (χ3n) is 4.03. The largest absolute Gasteiger partial charge is 0.481 e. The first-order valence-electron chi connectivity index (χ1n) is 9.46. The third kappa shape index (κ3) is 14.3. The number of carbonyl (C=O) groups is 1. The van der Waals surface area contributed by atoms with Crippen molar-refractivity contribution >= 4 is 5.97 Å². The van der Waals surface area contributed by atoms with Crippen LogP contribution in [0.2, 0.25) is 0 Å². The topological polar surface area (TPSA) is 37.3 Å². The van der Waals surface area contributed by atoms with E-state index < -0.39 is 5.97 Å². The number of hydrogen-bond acceptors (Lipinski definition) is 1. The number of allylic oxidation sites excluding steroid dienone is 6. The Morgan fingerprint density at radius 2 is 1.29 bits per heavy atom. The monoisotopic (exact) mass is 334 g/mol. The van der Waals surface area contributed by atoms with E-state index in [9.17, 15) is 4.79 Å². The highest BCUT2D eigenvalue weighted by Gasteiger charge is 2.13. The van der Waals surface area contributed by atoms with Crippen molar-refractivity contribution in [1.82, 2.24) is 0 Å². The van der Waals surface area contributed by atoms with Gasteiger partial charge in [0, 0.05) is 17.3 Å². The van der Waals surface area contributed by atoms with E-state index in [1.807, 2.05) is 0 Å². The second kappa shape index (κ2) is 12.1. The van der Waals surface area contributed by atoms with Crippen LogP contribution in [0, 0.1) is 10.8 Å². The highest BCUT2D eigenvalue weighted by Crippen LogP contribution is 2.26. The van der Waals surface area contributed by atoms with Crippen molar-refractivity contribution in [2.75, 3.05) is 0 Å². The first-order valence-corrected chi connectivity index (χ1v) is 9.46. The summed E-state index contributed by atoms with van der Waals surface area (Å²) in [4.78, 5) is 10.4. The highest BCUT2D eigenvalue weighted by atomic mass is 16.4. The second-order valence-corrected chi connectivity index (χ2v) is 7.89. The minimum absolute atomic E-state index is 0.0822. The molecular formula is C22H38O2. The Morgan fingerprint density at radius 3 is 1.83 bits per heavy atom. The zero-order valence-electron chi connectivity index (χ0n) is 16.5. The van der Waals surface area contributed by atoms with Gasteiger partial charge in [0.1, 0.15) is 0 Å². The lowest BCUT2D eigenvalue weighted by Crippen LogP contribution is -2.07. The maximum atomic E-state index is 10.4. The Labute approximate surface area is 149 Å². The molecular weight excluding hydrogens is 296 g/mol. The number of carboxylic acids is 1. The van der Waals surface area contributed by atoms with Crippen LogP contribution in [0.4, 0.5) is 0 Å². The van der Waals surface area contributed by atoms with Gasteiger partial charge in [-0.05, 0) is 25.7 Å². The van der Waals surface area contributed by atoms with Crippen LogP contribution in [-0.4, -0.2) is 11.1 Å². The Kier molecular flexibility index (Phi) is 11.4. The number of aliphatic carboxylic acids is 1. The lowest BCUT2D eigenvalue weighted by molar-refractivity contribution is -0.137. The van der Waals surface area contributed by atoms with Gasteiger partial charge >= 0.3 is 5.97 Å². The van der Waals surface area contributed by atoms with E-state index in [-0.39, 0.29) is 10.8 Å². The first-order chi connectivity index (χ1) is 11.2. The Hall–Kier alpha value is -1.31. The van der Waals surface area contributed by atoms with Crippen LogP contribution in [0.25, 0.3) is 0 Å². The molecule has 1 N–H and O–H groups in total. The maximum absolute atomic E-state index is 10.4. The van der Waals surface area contributed by atoms with Crippen molar-refractivity contribution in [3.63, 3.8) is 0 Å². The summed E-state index contributed by atoms with van der Waals surface area (Å²) in [5.74, 6) is -0.679. The van der Waals surface area contributed by atoms with Crippen LogP contribution in [-0.2, 0) is 4.79 Å². The first kappa shape index (κ1) is 22.7. The summed E-state index contributed by atoms with van der Waals surface area (Å²) in [6.07, 6.45) is 21.5. The number of rotatable bonds is 13. The van der Waals surface area contributed by atoms with E-state index in [1.54, 1.807) is 0 Å². The molecule has 0 saturated heterocycles. The molecule has 138 valence electrons. The number of unbranched alkanes of at least 4 members (excludes halogenated alkanes) is 5. The van der Waals surface area contributed by atoms with Crippen LogP contribution < -0.4 is 0 Å². The predicted octanol–water partition coefficient (Wildman–Crippen LogP) is 6.93. The minimum atomic E-state index is -0.679. The van der Waals surface area contributed by atoms with Gasteiger partial charge in [-0.2, -0.15) is 0 Å². The SMILES string of the molecule is CC/C=C/C(C)(C)/C=C/C(C)(C)/C=C/CCCCCCCC(=O)O. The van der Waals surface area contributed by atoms with Crippen molar-refractivity contribution in [2.45, 2.75) is 86.0 Å². The summed E-state index contributed by atoms with van der Waals surface area (Å²) in [5.41, 5.74) is 0.190. The fourth-order valence-corrected chi connectivity index (χ4v) is 2.42. The van der Waals surface area contributed by atoms with Crippen molar-refractivity contribution in [2.24, 2.45) is 10.8 Å². The Morgan fingerprint density at radius 1 is 0.792 bits per heavy atom. The fraction of sp³-hybridized carbons (Fsp3) is 0.682. The summed E-state index contributed by atoms with van der Waals surface area (Å²) in [5, 5.41) is 8.58. The summed E-state index contributed by atoms with van der Waals surface area (Å²) in [6.45, 7) is 11.1. The van der Waals surface area contributed by atoms with Gasteiger partial charge in [0.15, 0.2) is 0 Å². The lowest BCUT2D eigenvalue weighted by atomic mass is 9.85. The maximum Gasteiger partial charge on any atom is 0.303 e. The average molecular weight is 335 g/mol. The predicted molar refractivity (Wildman–Crippen MR) is 105 cm³/mol. The minimum Gasteiger partial charge on any atom is -0.481 e. The molecule has 0 spiro atoms. The van der Waals surface area contributed by atoms with E-state index in [0.717, 1.165) is 32.1 Å². The van der Waals surface area contributed by atoms with Gasteiger partial charge < -0.3 is 5.11 Å².